The molecular weight excluding hydrogens is 178 g/mol. The third kappa shape index (κ3) is 1.61. The summed E-state index contributed by atoms with van der Waals surface area (Å²) in [5.74, 6) is 0.172. The lowest BCUT2D eigenvalue weighted by Gasteiger charge is -2.14. The number of allylic oxidation sites excluding steroid dienone is 2. The van der Waals surface area contributed by atoms with Crippen LogP contribution in [0.2, 0.25) is 0 Å². The molecule has 1 unspecified atom stereocenters. The topological polar surface area (TPSA) is 24.4 Å². The van der Waals surface area contributed by atoms with E-state index in [-0.39, 0.29) is 5.88 Å². The monoisotopic (exact) mass is 182 g/mol. The van der Waals surface area contributed by atoms with Gasteiger partial charge in [0.25, 0.3) is 6.42 Å². The van der Waals surface area contributed by atoms with Crippen molar-refractivity contribution in [2.24, 2.45) is 4.99 Å². The van der Waals surface area contributed by atoms with E-state index in [2.05, 4.69) is 10.3 Å². The number of nitrogens with zero attached hydrogens (tertiary/aromatic N) is 1. The largest absolute Gasteiger partial charge is 0.339 e. The molecule has 0 aromatic rings. The van der Waals surface area contributed by atoms with Gasteiger partial charge in [-0.05, 0) is 0 Å². The molecule has 0 aromatic carbocycles. The minimum absolute atomic E-state index is 0.172. The zero-order chi connectivity index (χ0) is 7.56. The molecule has 1 heterocycles. The molecule has 10 heavy (non-hydrogen) atoms. The highest BCUT2D eigenvalue weighted by Gasteiger charge is 2.11. The van der Waals surface area contributed by atoms with E-state index in [1.807, 2.05) is 0 Å². The first-order valence-electron chi connectivity index (χ1n) is 2.62. The molecule has 56 valence electrons. The van der Waals surface area contributed by atoms with Crippen molar-refractivity contribution in [2.75, 3.05) is 5.88 Å². The molecule has 1 atom stereocenters. The Labute approximate surface area is 67.7 Å². The van der Waals surface area contributed by atoms with Crippen LogP contribution in [-0.4, -0.2) is 18.5 Å². The number of hydrogen-bond acceptors (Lipinski definition) is 2. The van der Waals surface area contributed by atoms with Crippen LogP contribution >= 0.6 is 23.2 Å². The number of aliphatic imine (C=N–C) groups is 1. The highest BCUT2D eigenvalue weighted by atomic mass is 35.5. The molecular formula is C5H5Cl2FN2. The summed E-state index contributed by atoms with van der Waals surface area (Å²) in [6.45, 7) is 0. The van der Waals surface area contributed by atoms with Crippen molar-refractivity contribution in [3.05, 3.63) is 10.7 Å². The van der Waals surface area contributed by atoms with E-state index in [1.165, 1.54) is 6.21 Å². The van der Waals surface area contributed by atoms with E-state index in [0.717, 1.165) is 0 Å². The van der Waals surface area contributed by atoms with E-state index >= 15 is 0 Å². The van der Waals surface area contributed by atoms with Crippen molar-refractivity contribution >= 4 is 29.4 Å². The number of hydrogen-bond donors (Lipinski definition) is 1. The maximum absolute atomic E-state index is 12.3. The first-order chi connectivity index (χ1) is 4.74. The molecule has 1 aliphatic heterocycles. The predicted molar refractivity (Wildman–Crippen MR) is 40.1 cm³/mol. The Balaban J connectivity index is 2.74. The van der Waals surface area contributed by atoms with Crippen molar-refractivity contribution in [3.63, 3.8) is 0 Å². The predicted octanol–water partition coefficient (Wildman–Crippen LogP) is 1.60. The van der Waals surface area contributed by atoms with Crippen LogP contribution in [0.3, 0.4) is 0 Å². The van der Waals surface area contributed by atoms with Crippen LogP contribution in [0.25, 0.3) is 0 Å². The first-order valence-corrected chi connectivity index (χ1v) is 3.53. The standard InChI is InChI=1S/C5H5Cl2FN2/c6-1-4-3(7)2-9-5(8)10-4/h2,5,10H,1H2. The van der Waals surface area contributed by atoms with Gasteiger partial charge >= 0.3 is 0 Å². The molecule has 0 bridgehead atoms. The van der Waals surface area contributed by atoms with Crippen LogP contribution in [0.1, 0.15) is 0 Å². The summed E-state index contributed by atoms with van der Waals surface area (Å²) in [6, 6.07) is 0. The molecule has 0 saturated carbocycles. The van der Waals surface area contributed by atoms with Gasteiger partial charge < -0.3 is 5.32 Å². The first kappa shape index (κ1) is 7.82. The number of halogens is 3. The molecule has 0 radical (unpaired) electrons. The van der Waals surface area contributed by atoms with E-state index in [0.29, 0.717) is 10.7 Å². The van der Waals surface area contributed by atoms with Gasteiger partial charge in [0, 0.05) is 11.9 Å². The second kappa shape index (κ2) is 3.21. The molecule has 0 saturated heterocycles. The minimum Gasteiger partial charge on any atom is -0.339 e. The minimum atomic E-state index is -1.41. The molecule has 2 nitrogen and oxygen atoms in total. The van der Waals surface area contributed by atoms with Crippen molar-refractivity contribution < 1.29 is 4.39 Å². The van der Waals surface area contributed by atoms with Crippen molar-refractivity contribution in [3.8, 4) is 0 Å². The van der Waals surface area contributed by atoms with Gasteiger partial charge in [0.05, 0.1) is 10.9 Å². The second-order valence-electron chi connectivity index (χ2n) is 1.72. The highest BCUT2D eigenvalue weighted by Crippen LogP contribution is 2.12. The number of nitrogens with one attached hydrogen (secondary N) is 1. The fourth-order valence-electron chi connectivity index (χ4n) is 0.561. The summed E-state index contributed by atoms with van der Waals surface area (Å²) in [6.07, 6.45) is -0.156. The SMILES string of the molecule is FC1N=CC(Cl)=C(CCl)N1. The Morgan fingerprint density at radius 2 is 2.50 bits per heavy atom. The van der Waals surface area contributed by atoms with Crippen LogP contribution in [0.5, 0.6) is 0 Å². The Hall–Kier alpha value is -0.280. The van der Waals surface area contributed by atoms with Gasteiger partial charge in [0.2, 0.25) is 0 Å². The van der Waals surface area contributed by atoms with Gasteiger partial charge in [0.1, 0.15) is 0 Å². The molecule has 0 fully saturated rings. The van der Waals surface area contributed by atoms with Crippen LogP contribution in [-0.2, 0) is 0 Å². The number of alkyl halides is 2. The Bertz CT molecular complexity index is 190. The molecule has 5 heteroatoms. The third-order valence-corrected chi connectivity index (χ3v) is 1.63. The van der Waals surface area contributed by atoms with Gasteiger partial charge in [0.15, 0.2) is 0 Å². The summed E-state index contributed by atoms with van der Waals surface area (Å²) in [7, 11) is 0. The average molecular weight is 183 g/mol. The van der Waals surface area contributed by atoms with E-state index in [1.54, 1.807) is 0 Å². The van der Waals surface area contributed by atoms with Gasteiger partial charge in [-0.1, -0.05) is 11.6 Å². The van der Waals surface area contributed by atoms with Crippen LogP contribution in [0, 0.1) is 0 Å². The third-order valence-electron chi connectivity index (χ3n) is 1.03. The quantitative estimate of drug-likeness (QED) is 0.484. The fourth-order valence-corrected chi connectivity index (χ4v) is 1.03. The maximum Gasteiger partial charge on any atom is 0.264 e. The zero-order valence-corrected chi connectivity index (χ0v) is 6.45. The molecule has 1 N–H and O–H groups in total. The fraction of sp³-hybridized carbons (Fsp3) is 0.400. The second-order valence-corrected chi connectivity index (χ2v) is 2.39. The summed E-state index contributed by atoms with van der Waals surface area (Å²) in [5.41, 5.74) is 0.478. The summed E-state index contributed by atoms with van der Waals surface area (Å²) in [5, 5.41) is 2.73. The number of rotatable bonds is 1. The van der Waals surface area contributed by atoms with Crippen LogP contribution in [0.4, 0.5) is 4.39 Å². The lowest BCUT2D eigenvalue weighted by Crippen LogP contribution is -2.27. The molecule has 0 aromatic heterocycles. The van der Waals surface area contributed by atoms with Crippen molar-refractivity contribution in [1.29, 1.82) is 0 Å². The summed E-state index contributed by atoms with van der Waals surface area (Å²) in [4.78, 5) is 3.36. The van der Waals surface area contributed by atoms with Gasteiger partial charge in [-0.2, -0.15) is 4.39 Å². The van der Waals surface area contributed by atoms with Crippen LogP contribution in [0.15, 0.2) is 15.7 Å². The lowest BCUT2D eigenvalue weighted by molar-refractivity contribution is 0.305. The molecule has 1 aliphatic rings. The molecule has 0 spiro atoms. The average Bonchev–Trinajstić information content (AvgIpc) is 1.94. The normalized spacial score (nSPS) is 24.9. The Morgan fingerprint density at radius 3 is 3.00 bits per heavy atom. The van der Waals surface area contributed by atoms with Gasteiger partial charge in [-0.15, -0.1) is 11.6 Å². The molecule has 0 amide bonds. The van der Waals surface area contributed by atoms with E-state index < -0.39 is 6.42 Å². The van der Waals surface area contributed by atoms with Crippen molar-refractivity contribution in [2.45, 2.75) is 6.42 Å². The van der Waals surface area contributed by atoms with E-state index in [4.69, 9.17) is 23.2 Å². The summed E-state index contributed by atoms with van der Waals surface area (Å²) < 4.78 is 12.3. The Morgan fingerprint density at radius 1 is 1.80 bits per heavy atom. The Kier molecular flexibility index (Phi) is 2.51. The van der Waals surface area contributed by atoms with Gasteiger partial charge in [-0.25, -0.2) is 4.99 Å². The van der Waals surface area contributed by atoms with Crippen molar-refractivity contribution in [1.82, 2.24) is 5.32 Å². The molecule has 0 aliphatic carbocycles. The zero-order valence-electron chi connectivity index (χ0n) is 4.94. The smallest absolute Gasteiger partial charge is 0.264 e. The highest BCUT2D eigenvalue weighted by molar-refractivity contribution is 6.40. The van der Waals surface area contributed by atoms with Gasteiger partial charge in [-0.3, -0.25) is 0 Å². The maximum atomic E-state index is 12.3. The van der Waals surface area contributed by atoms with E-state index in [9.17, 15) is 4.39 Å². The lowest BCUT2D eigenvalue weighted by atomic mass is 10.4. The molecule has 1 rings (SSSR count). The van der Waals surface area contributed by atoms with Crippen LogP contribution < -0.4 is 5.32 Å². The summed E-state index contributed by atoms with van der Waals surface area (Å²) >= 11 is 11.0.